The van der Waals surface area contributed by atoms with Crippen LogP contribution in [-0.2, 0) is 9.53 Å². The van der Waals surface area contributed by atoms with Crippen molar-refractivity contribution in [3.8, 4) is 0 Å². The number of hydrogen-bond donors (Lipinski definition) is 2. The van der Waals surface area contributed by atoms with Gasteiger partial charge in [0.15, 0.2) is 0 Å². The smallest absolute Gasteiger partial charge is 0.220 e. The Hall–Kier alpha value is -0.610. The van der Waals surface area contributed by atoms with Crippen molar-refractivity contribution in [2.45, 2.75) is 219 Å². The number of ether oxygens (including phenoxy) is 1. The van der Waals surface area contributed by atoms with Crippen molar-refractivity contribution < 1.29 is 14.6 Å². The van der Waals surface area contributed by atoms with Gasteiger partial charge in [0.2, 0.25) is 5.91 Å². The van der Waals surface area contributed by atoms with Crippen LogP contribution in [0.3, 0.4) is 0 Å². The van der Waals surface area contributed by atoms with Crippen molar-refractivity contribution in [1.29, 1.82) is 0 Å². The summed E-state index contributed by atoms with van der Waals surface area (Å²) in [7, 11) is 0. The molecule has 4 heteroatoms. The van der Waals surface area contributed by atoms with Gasteiger partial charge in [0.05, 0.1) is 25.9 Å². The molecule has 252 valence electrons. The minimum Gasteiger partial charge on any atom is -0.394 e. The number of aliphatic hydroxyl groups excluding tert-OH is 1. The van der Waals surface area contributed by atoms with Crippen LogP contribution in [0.4, 0.5) is 0 Å². The van der Waals surface area contributed by atoms with E-state index in [1.54, 1.807) is 0 Å². The molecule has 0 aromatic rings. The van der Waals surface area contributed by atoms with E-state index in [1.165, 1.54) is 167 Å². The summed E-state index contributed by atoms with van der Waals surface area (Å²) in [6, 6.07) is 0.0812. The molecule has 0 bridgehead atoms. The highest BCUT2D eigenvalue weighted by Gasteiger charge is 2.12. The average molecular weight is 596 g/mol. The van der Waals surface area contributed by atoms with Crippen molar-refractivity contribution >= 4 is 5.91 Å². The Balaban J connectivity index is 3.67. The van der Waals surface area contributed by atoms with Crippen LogP contribution in [0.25, 0.3) is 0 Å². The first kappa shape index (κ1) is 41.4. The lowest BCUT2D eigenvalue weighted by Gasteiger charge is -2.19. The molecule has 0 rings (SSSR count). The van der Waals surface area contributed by atoms with E-state index in [9.17, 15) is 4.79 Å². The molecule has 0 spiro atoms. The third kappa shape index (κ3) is 33.9. The summed E-state index contributed by atoms with van der Waals surface area (Å²) in [5.41, 5.74) is 0. The van der Waals surface area contributed by atoms with Crippen molar-refractivity contribution in [2.75, 3.05) is 19.8 Å². The van der Waals surface area contributed by atoms with Gasteiger partial charge in [0, 0.05) is 6.42 Å². The fraction of sp³-hybridized carbons (Fsp3) is 0.974. The monoisotopic (exact) mass is 596 g/mol. The van der Waals surface area contributed by atoms with Crippen molar-refractivity contribution in [1.82, 2.24) is 5.32 Å². The molecule has 2 N–H and O–H groups in total. The maximum Gasteiger partial charge on any atom is 0.220 e. The van der Waals surface area contributed by atoms with E-state index in [4.69, 9.17) is 9.84 Å². The highest BCUT2D eigenvalue weighted by Crippen LogP contribution is 2.15. The number of nitrogens with one attached hydrogen (secondary N) is 1. The van der Waals surface area contributed by atoms with Gasteiger partial charge in [0.25, 0.3) is 0 Å². The lowest BCUT2D eigenvalue weighted by Crippen LogP contribution is -2.38. The maximum absolute atomic E-state index is 12.5. The van der Waals surface area contributed by atoms with Crippen LogP contribution in [0.1, 0.15) is 213 Å². The maximum atomic E-state index is 12.5. The fourth-order valence-electron chi connectivity index (χ4n) is 6.03. The van der Waals surface area contributed by atoms with E-state index in [-0.39, 0.29) is 18.6 Å². The first-order valence-corrected chi connectivity index (χ1v) is 19.2. The van der Waals surface area contributed by atoms with Crippen LogP contribution in [0.2, 0.25) is 0 Å². The van der Waals surface area contributed by atoms with Crippen molar-refractivity contribution in [2.24, 2.45) is 0 Å². The molecule has 0 saturated carbocycles. The molecule has 42 heavy (non-hydrogen) atoms. The number of carbonyl (C=O) groups excluding carboxylic acids is 1. The Labute approximate surface area is 264 Å². The second-order valence-electron chi connectivity index (χ2n) is 13.1. The van der Waals surface area contributed by atoms with Crippen molar-refractivity contribution in [3.63, 3.8) is 0 Å². The lowest BCUT2D eigenvalue weighted by atomic mass is 10.0. The molecule has 0 aromatic heterocycles. The molecule has 0 heterocycles. The summed E-state index contributed by atoms with van der Waals surface area (Å²) < 4.78 is 5.58. The summed E-state index contributed by atoms with van der Waals surface area (Å²) in [6.07, 6.45) is 40.9. The summed E-state index contributed by atoms with van der Waals surface area (Å²) in [5.74, 6) is 0.173. The van der Waals surface area contributed by atoms with Crippen molar-refractivity contribution in [3.05, 3.63) is 0 Å². The Morgan fingerprint density at radius 3 is 1.21 bits per heavy atom. The first-order chi connectivity index (χ1) is 20.7. The quantitative estimate of drug-likeness (QED) is 0.0708. The van der Waals surface area contributed by atoms with Gasteiger partial charge in [-0.1, -0.05) is 194 Å². The van der Waals surface area contributed by atoms with E-state index in [1.807, 2.05) is 0 Å². The number of amides is 1. The molecule has 1 amide bonds. The van der Waals surface area contributed by atoms with Gasteiger partial charge >= 0.3 is 0 Å². The predicted molar refractivity (Wildman–Crippen MR) is 184 cm³/mol. The van der Waals surface area contributed by atoms with Crippen LogP contribution in [-0.4, -0.2) is 36.9 Å². The van der Waals surface area contributed by atoms with Crippen LogP contribution in [0.15, 0.2) is 0 Å². The highest BCUT2D eigenvalue weighted by molar-refractivity contribution is 5.76. The first-order valence-electron chi connectivity index (χ1n) is 19.2. The molecular weight excluding hydrogens is 518 g/mol. The van der Waals surface area contributed by atoms with E-state index >= 15 is 0 Å². The Kier molecular flexibility index (Phi) is 36.0. The van der Waals surface area contributed by atoms with Gasteiger partial charge < -0.3 is 15.2 Å². The summed E-state index contributed by atoms with van der Waals surface area (Å²) in [6.45, 7) is 5.48. The third-order valence-corrected chi connectivity index (χ3v) is 8.83. The molecule has 0 aliphatic rings. The SMILES string of the molecule is CCCCCCCCCCCCCCCCCCC(COCCO)NC(=O)CCCCCCCCCCCCCCC. The van der Waals surface area contributed by atoms with Gasteiger partial charge in [-0.25, -0.2) is 0 Å². The number of carbonyl (C=O) groups is 1. The molecule has 1 unspecified atom stereocenters. The van der Waals surface area contributed by atoms with Crippen LogP contribution < -0.4 is 5.32 Å². The number of unbranched alkanes of at least 4 members (excludes halogenated alkanes) is 27. The molecule has 0 aliphatic carbocycles. The predicted octanol–water partition coefficient (Wildman–Crippen LogP) is 11.6. The van der Waals surface area contributed by atoms with Crippen LogP contribution >= 0.6 is 0 Å². The number of rotatable bonds is 36. The standard InChI is InChI=1S/C38H77NO3/c1-3-5-7-9-11-13-15-17-18-19-21-22-24-26-28-30-32-37(36-42-35-34-40)39-38(41)33-31-29-27-25-23-20-16-14-12-10-8-6-4-2/h37,40H,3-36H2,1-2H3,(H,39,41). The normalized spacial score (nSPS) is 12.2. The van der Waals surface area contributed by atoms with E-state index < -0.39 is 0 Å². The Morgan fingerprint density at radius 1 is 0.524 bits per heavy atom. The van der Waals surface area contributed by atoms with E-state index in [0.717, 1.165) is 25.7 Å². The topological polar surface area (TPSA) is 58.6 Å². The zero-order valence-corrected chi connectivity index (χ0v) is 28.9. The Morgan fingerprint density at radius 2 is 0.857 bits per heavy atom. The average Bonchev–Trinajstić information content (AvgIpc) is 2.99. The van der Waals surface area contributed by atoms with E-state index in [0.29, 0.717) is 19.6 Å². The number of aliphatic hydroxyl groups is 1. The summed E-state index contributed by atoms with van der Waals surface area (Å²) in [5, 5.41) is 12.3. The van der Waals surface area contributed by atoms with Gasteiger partial charge in [-0.3, -0.25) is 4.79 Å². The third-order valence-electron chi connectivity index (χ3n) is 8.83. The minimum absolute atomic E-state index is 0.0403. The Bertz CT molecular complexity index is 513. The van der Waals surface area contributed by atoms with Gasteiger partial charge in [0.1, 0.15) is 0 Å². The second kappa shape index (κ2) is 36.6. The molecule has 0 fully saturated rings. The van der Waals surface area contributed by atoms with Gasteiger partial charge in [-0.05, 0) is 12.8 Å². The highest BCUT2D eigenvalue weighted by atomic mass is 16.5. The molecule has 4 nitrogen and oxygen atoms in total. The number of hydrogen-bond acceptors (Lipinski definition) is 3. The molecular formula is C38H77NO3. The molecule has 0 aliphatic heterocycles. The van der Waals surface area contributed by atoms with Crippen LogP contribution in [0.5, 0.6) is 0 Å². The van der Waals surface area contributed by atoms with E-state index in [2.05, 4.69) is 19.2 Å². The van der Waals surface area contributed by atoms with Gasteiger partial charge in [-0.2, -0.15) is 0 Å². The lowest BCUT2D eigenvalue weighted by molar-refractivity contribution is -0.122. The van der Waals surface area contributed by atoms with Crippen LogP contribution in [0, 0.1) is 0 Å². The van der Waals surface area contributed by atoms with Gasteiger partial charge in [-0.15, -0.1) is 0 Å². The fourth-order valence-corrected chi connectivity index (χ4v) is 6.03. The second-order valence-corrected chi connectivity index (χ2v) is 13.1. The zero-order chi connectivity index (χ0) is 30.6. The molecule has 1 atom stereocenters. The molecule has 0 radical (unpaired) electrons. The largest absolute Gasteiger partial charge is 0.394 e. The summed E-state index contributed by atoms with van der Waals surface area (Å²) >= 11 is 0. The summed E-state index contributed by atoms with van der Waals surface area (Å²) in [4.78, 5) is 12.5. The zero-order valence-electron chi connectivity index (χ0n) is 28.9. The molecule has 0 aromatic carbocycles. The minimum atomic E-state index is 0.0403. The molecule has 0 saturated heterocycles.